The molecule has 4 nitrogen and oxygen atoms in total. The Kier molecular flexibility index (Phi) is 5.40. The molecule has 2 aliphatic carbocycles. The van der Waals surface area contributed by atoms with Crippen molar-refractivity contribution in [3.05, 3.63) is 35.4 Å². The van der Waals surface area contributed by atoms with E-state index < -0.39 is 0 Å². The molecule has 136 valence electrons. The van der Waals surface area contributed by atoms with Crippen LogP contribution >= 0.6 is 23.5 Å². The van der Waals surface area contributed by atoms with E-state index >= 15 is 0 Å². The molecule has 2 amide bonds. The molecule has 2 fully saturated rings. The average Bonchev–Trinajstić information content (AvgIpc) is 3.54. The summed E-state index contributed by atoms with van der Waals surface area (Å²) in [6.07, 6.45) is 7.91. The lowest BCUT2D eigenvalue weighted by Gasteiger charge is -2.19. The maximum atomic E-state index is 12.3. The predicted octanol–water partition coefficient (Wildman–Crippen LogP) is 3.27. The molecule has 2 aliphatic rings. The van der Waals surface area contributed by atoms with E-state index in [0.29, 0.717) is 6.54 Å². The topological polar surface area (TPSA) is 58.2 Å². The van der Waals surface area contributed by atoms with Crippen LogP contribution in [0.2, 0.25) is 0 Å². The van der Waals surface area contributed by atoms with Crippen LogP contribution in [-0.4, -0.2) is 33.8 Å². The summed E-state index contributed by atoms with van der Waals surface area (Å²) in [4.78, 5) is 24.5. The first-order valence-electron chi connectivity index (χ1n) is 8.73. The Morgan fingerprint density at radius 3 is 2.00 bits per heavy atom. The summed E-state index contributed by atoms with van der Waals surface area (Å²) in [6, 6.07) is 8.11. The molecule has 1 atom stereocenters. The SMILES string of the molecule is CSC1(C(=O)NCc2ccc([C@H](C)NC(=O)C3(SC)CC3)cc2)CC1. The van der Waals surface area contributed by atoms with Gasteiger partial charge in [-0.1, -0.05) is 24.3 Å². The van der Waals surface area contributed by atoms with E-state index in [-0.39, 0.29) is 27.4 Å². The number of thioether (sulfide) groups is 2. The van der Waals surface area contributed by atoms with E-state index in [1.807, 2.05) is 43.7 Å². The average molecular weight is 379 g/mol. The Bertz CT molecular complexity index is 652. The summed E-state index contributed by atoms with van der Waals surface area (Å²) >= 11 is 3.30. The van der Waals surface area contributed by atoms with E-state index in [4.69, 9.17) is 0 Å². The van der Waals surface area contributed by atoms with Gasteiger partial charge in [0.15, 0.2) is 0 Å². The highest BCUT2D eigenvalue weighted by Crippen LogP contribution is 2.48. The zero-order valence-electron chi connectivity index (χ0n) is 15.1. The molecule has 2 N–H and O–H groups in total. The lowest BCUT2D eigenvalue weighted by Crippen LogP contribution is -2.35. The van der Waals surface area contributed by atoms with Crippen LogP contribution in [0.25, 0.3) is 0 Å². The number of hydrogen-bond acceptors (Lipinski definition) is 4. The fraction of sp³-hybridized carbons (Fsp3) is 0.579. The molecule has 3 rings (SSSR count). The predicted molar refractivity (Wildman–Crippen MR) is 106 cm³/mol. The second-order valence-electron chi connectivity index (χ2n) is 7.02. The minimum Gasteiger partial charge on any atom is -0.351 e. The highest BCUT2D eigenvalue weighted by Gasteiger charge is 2.50. The van der Waals surface area contributed by atoms with Gasteiger partial charge in [0.25, 0.3) is 0 Å². The van der Waals surface area contributed by atoms with Gasteiger partial charge in [-0.3, -0.25) is 9.59 Å². The number of carbonyl (C=O) groups excluding carboxylic acids is 2. The molecule has 0 heterocycles. The molecule has 2 saturated carbocycles. The molecule has 0 bridgehead atoms. The molecule has 0 unspecified atom stereocenters. The van der Waals surface area contributed by atoms with Crippen molar-refractivity contribution in [3.63, 3.8) is 0 Å². The van der Waals surface area contributed by atoms with Gasteiger partial charge in [-0.05, 0) is 56.2 Å². The zero-order valence-corrected chi connectivity index (χ0v) is 16.7. The summed E-state index contributed by atoms with van der Waals surface area (Å²) < 4.78 is -0.358. The molecule has 1 aromatic carbocycles. The van der Waals surface area contributed by atoms with E-state index in [1.54, 1.807) is 23.5 Å². The second kappa shape index (κ2) is 7.23. The first-order chi connectivity index (χ1) is 11.9. The third-order valence-electron chi connectivity index (χ3n) is 5.30. The van der Waals surface area contributed by atoms with Crippen molar-refractivity contribution in [2.45, 2.75) is 54.7 Å². The van der Waals surface area contributed by atoms with Crippen molar-refractivity contribution in [1.82, 2.24) is 10.6 Å². The molecule has 25 heavy (non-hydrogen) atoms. The molecule has 1 aromatic rings. The number of rotatable bonds is 8. The number of carbonyl (C=O) groups is 2. The van der Waals surface area contributed by atoms with Crippen molar-refractivity contribution in [1.29, 1.82) is 0 Å². The lowest BCUT2D eigenvalue weighted by atomic mass is 10.1. The Balaban J connectivity index is 1.51. The Labute approximate surface area is 158 Å². The van der Waals surface area contributed by atoms with Crippen molar-refractivity contribution >= 4 is 35.3 Å². The molecule has 0 radical (unpaired) electrons. The van der Waals surface area contributed by atoms with Gasteiger partial charge in [-0.15, -0.1) is 23.5 Å². The summed E-state index contributed by atoms with van der Waals surface area (Å²) in [7, 11) is 0. The van der Waals surface area contributed by atoms with Gasteiger partial charge in [-0.2, -0.15) is 0 Å². The largest absolute Gasteiger partial charge is 0.351 e. The van der Waals surface area contributed by atoms with Gasteiger partial charge in [0.1, 0.15) is 0 Å². The quantitative estimate of drug-likeness (QED) is 0.729. The molecular weight excluding hydrogens is 352 g/mol. The molecule has 0 saturated heterocycles. The fourth-order valence-corrected chi connectivity index (χ4v) is 4.48. The van der Waals surface area contributed by atoms with Crippen LogP contribution in [0.3, 0.4) is 0 Å². The molecule has 0 aromatic heterocycles. The van der Waals surface area contributed by atoms with Gasteiger partial charge in [0.2, 0.25) is 11.8 Å². The standard InChI is InChI=1S/C19H26N2O2S2/c1-13(21-17(23)19(25-3)10-11-19)15-6-4-14(5-7-15)12-20-16(22)18(24-2)8-9-18/h4-7,13H,8-12H2,1-3H3,(H,20,22)(H,21,23)/t13-/m0/s1. The van der Waals surface area contributed by atoms with Crippen LogP contribution in [0.1, 0.15) is 49.8 Å². The second-order valence-corrected chi connectivity index (χ2v) is 9.40. The van der Waals surface area contributed by atoms with Gasteiger partial charge >= 0.3 is 0 Å². The summed E-state index contributed by atoms with van der Waals surface area (Å²) in [5.41, 5.74) is 2.17. The Morgan fingerprint density at radius 1 is 1.00 bits per heavy atom. The summed E-state index contributed by atoms with van der Waals surface area (Å²) in [5.74, 6) is 0.298. The van der Waals surface area contributed by atoms with E-state index in [9.17, 15) is 9.59 Å². The van der Waals surface area contributed by atoms with Crippen LogP contribution < -0.4 is 10.6 Å². The Hall–Kier alpha value is -1.14. The molecular formula is C19H26N2O2S2. The Morgan fingerprint density at radius 2 is 1.52 bits per heavy atom. The van der Waals surface area contributed by atoms with Gasteiger partial charge in [-0.25, -0.2) is 0 Å². The number of benzene rings is 1. The minimum atomic E-state index is -0.186. The van der Waals surface area contributed by atoms with Crippen molar-refractivity contribution in [3.8, 4) is 0 Å². The van der Waals surface area contributed by atoms with Gasteiger partial charge < -0.3 is 10.6 Å². The maximum Gasteiger partial charge on any atom is 0.236 e. The monoisotopic (exact) mass is 378 g/mol. The highest BCUT2D eigenvalue weighted by atomic mass is 32.2. The van der Waals surface area contributed by atoms with Crippen LogP contribution in [0.4, 0.5) is 0 Å². The third kappa shape index (κ3) is 4.00. The lowest BCUT2D eigenvalue weighted by molar-refractivity contribution is -0.122. The third-order valence-corrected chi connectivity index (χ3v) is 8.05. The van der Waals surface area contributed by atoms with Crippen LogP contribution in [0, 0.1) is 0 Å². The number of hydrogen-bond donors (Lipinski definition) is 2. The minimum absolute atomic E-state index is 0.00742. The molecule has 0 aliphatic heterocycles. The van der Waals surface area contributed by atoms with Gasteiger partial charge in [0.05, 0.1) is 15.5 Å². The zero-order chi connectivity index (χ0) is 18.1. The first kappa shape index (κ1) is 18.6. The van der Waals surface area contributed by atoms with Crippen molar-refractivity contribution in [2.75, 3.05) is 12.5 Å². The fourth-order valence-electron chi connectivity index (χ4n) is 2.95. The maximum absolute atomic E-state index is 12.3. The highest BCUT2D eigenvalue weighted by molar-refractivity contribution is 8.01. The van der Waals surface area contributed by atoms with E-state index in [2.05, 4.69) is 10.6 Å². The smallest absolute Gasteiger partial charge is 0.236 e. The number of nitrogens with one attached hydrogen (secondary N) is 2. The van der Waals surface area contributed by atoms with Crippen LogP contribution in [0.5, 0.6) is 0 Å². The molecule has 0 spiro atoms. The van der Waals surface area contributed by atoms with Gasteiger partial charge in [0, 0.05) is 6.54 Å². The van der Waals surface area contributed by atoms with E-state index in [1.165, 1.54) is 0 Å². The normalized spacial score (nSPS) is 20.4. The summed E-state index contributed by atoms with van der Waals surface area (Å²) in [5, 5.41) is 6.16. The van der Waals surface area contributed by atoms with Crippen LogP contribution in [-0.2, 0) is 16.1 Å². The summed E-state index contributed by atoms with van der Waals surface area (Å²) in [6.45, 7) is 2.57. The van der Waals surface area contributed by atoms with Crippen molar-refractivity contribution < 1.29 is 9.59 Å². The number of amides is 2. The van der Waals surface area contributed by atoms with Crippen molar-refractivity contribution in [2.24, 2.45) is 0 Å². The van der Waals surface area contributed by atoms with E-state index in [0.717, 1.165) is 36.8 Å². The first-order valence-corrected chi connectivity index (χ1v) is 11.2. The van der Waals surface area contributed by atoms with Crippen LogP contribution in [0.15, 0.2) is 24.3 Å². The molecule has 6 heteroatoms.